The number of hydrogen-bond donors (Lipinski definition) is 1. The van der Waals surface area contributed by atoms with Crippen LogP contribution < -0.4 is 5.73 Å². The van der Waals surface area contributed by atoms with Crippen LogP contribution in [0.2, 0.25) is 0 Å². The number of halogens is 2. The minimum Gasteiger partial charge on any atom is -0.330 e. The Labute approximate surface area is 89.9 Å². The SMILES string of the molecule is Cc1cc([C@H]2C[C@@H]2CN)ccc1F.Cl. The quantitative estimate of drug-likeness (QED) is 0.807. The van der Waals surface area contributed by atoms with Crippen LogP contribution in [0.4, 0.5) is 4.39 Å². The Kier molecular flexibility index (Phi) is 3.51. The topological polar surface area (TPSA) is 26.0 Å². The lowest BCUT2D eigenvalue weighted by Gasteiger charge is -2.01. The van der Waals surface area contributed by atoms with Crippen molar-refractivity contribution in [2.75, 3.05) is 6.54 Å². The zero-order chi connectivity index (χ0) is 9.42. The summed E-state index contributed by atoms with van der Waals surface area (Å²) in [6.07, 6.45) is 1.17. The van der Waals surface area contributed by atoms with E-state index < -0.39 is 0 Å². The van der Waals surface area contributed by atoms with Gasteiger partial charge in [-0.2, -0.15) is 0 Å². The van der Waals surface area contributed by atoms with Gasteiger partial charge in [0.05, 0.1) is 0 Å². The number of rotatable bonds is 2. The van der Waals surface area contributed by atoms with Crippen molar-refractivity contribution in [3.8, 4) is 0 Å². The van der Waals surface area contributed by atoms with Crippen molar-refractivity contribution >= 4 is 12.4 Å². The molecule has 1 aliphatic carbocycles. The van der Waals surface area contributed by atoms with Gasteiger partial charge >= 0.3 is 0 Å². The van der Waals surface area contributed by atoms with Crippen molar-refractivity contribution in [2.45, 2.75) is 19.3 Å². The highest BCUT2D eigenvalue weighted by Gasteiger charge is 2.36. The predicted octanol–water partition coefficient (Wildman–Crippen LogP) is 2.62. The Morgan fingerprint density at radius 2 is 2.21 bits per heavy atom. The van der Waals surface area contributed by atoms with Gasteiger partial charge in [-0.15, -0.1) is 12.4 Å². The van der Waals surface area contributed by atoms with Gasteiger partial charge in [-0.05, 0) is 48.9 Å². The molecule has 0 aliphatic heterocycles. The third-order valence-electron chi connectivity index (χ3n) is 2.84. The van der Waals surface area contributed by atoms with Crippen molar-refractivity contribution in [2.24, 2.45) is 11.7 Å². The molecule has 3 heteroatoms. The standard InChI is InChI=1S/C11H14FN.ClH/c1-7-4-8(2-3-11(7)12)10-5-9(10)6-13;/h2-4,9-10H,5-6,13H2,1H3;1H/t9-,10-;/m1./s1. The lowest BCUT2D eigenvalue weighted by Crippen LogP contribution is -2.02. The minimum absolute atomic E-state index is 0. The van der Waals surface area contributed by atoms with E-state index in [2.05, 4.69) is 0 Å². The van der Waals surface area contributed by atoms with Crippen LogP contribution in [-0.4, -0.2) is 6.54 Å². The average Bonchev–Trinajstić information content (AvgIpc) is 2.88. The lowest BCUT2D eigenvalue weighted by atomic mass is 10.1. The Morgan fingerprint density at radius 3 is 2.71 bits per heavy atom. The highest BCUT2D eigenvalue weighted by atomic mass is 35.5. The Hall–Kier alpha value is -0.600. The zero-order valence-electron chi connectivity index (χ0n) is 8.16. The summed E-state index contributed by atoms with van der Waals surface area (Å²) in [5.41, 5.74) is 7.54. The highest BCUT2D eigenvalue weighted by Crippen LogP contribution is 2.46. The summed E-state index contributed by atoms with van der Waals surface area (Å²) in [4.78, 5) is 0. The first-order chi connectivity index (χ1) is 6.22. The maximum absolute atomic E-state index is 12.9. The summed E-state index contributed by atoms with van der Waals surface area (Å²) in [6, 6.07) is 5.37. The molecule has 78 valence electrons. The second kappa shape index (κ2) is 4.28. The van der Waals surface area contributed by atoms with E-state index in [4.69, 9.17) is 5.73 Å². The molecule has 1 nitrogen and oxygen atoms in total. The number of nitrogens with two attached hydrogens (primary N) is 1. The monoisotopic (exact) mass is 215 g/mol. The second-order valence-electron chi connectivity index (χ2n) is 3.85. The molecule has 1 fully saturated rings. The van der Waals surface area contributed by atoms with Crippen LogP contribution in [0.25, 0.3) is 0 Å². The maximum Gasteiger partial charge on any atom is 0.126 e. The number of benzene rings is 1. The molecule has 2 atom stereocenters. The molecule has 0 amide bonds. The smallest absolute Gasteiger partial charge is 0.126 e. The van der Waals surface area contributed by atoms with Crippen LogP contribution in [0.3, 0.4) is 0 Å². The fraction of sp³-hybridized carbons (Fsp3) is 0.455. The van der Waals surface area contributed by atoms with Gasteiger partial charge in [-0.1, -0.05) is 12.1 Å². The van der Waals surface area contributed by atoms with Gasteiger partial charge in [0, 0.05) is 0 Å². The van der Waals surface area contributed by atoms with Gasteiger partial charge in [-0.25, -0.2) is 4.39 Å². The molecule has 1 aromatic rings. The van der Waals surface area contributed by atoms with E-state index >= 15 is 0 Å². The van der Waals surface area contributed by atoms with Gasteiger partial charge in [0.1, 0.15) is 5.82 Å². The van der Waals surface area contributed by atoms with Gasteiger partial charge < -0.3 is 5.73 Å². The third kappa shape index (κ3) is 2.07. The van der Waals surface area contributed by atoms with Crippen LogP contribution >= 0.6 is 12.4 Å². The van der Waals surface area contributed by atoms with Crippen molar-refractivity contribution in [3.63, 3.8) is 0 Å². The molecule has 0 heterocycles. The van der Waals surface area contributed by atoms with Crippen molar-refractivity contribution in [1.29, 1.82) is 0 Å². The molecular weight excluding hydrogens is 201 g/mol. The van der Waals surface area contributed by atoms with E-state index in [-0.39, 0.29) is 18.2 Å². The average molecular weight is 216 g/mol. The summed E-state index contributed by atoms with van der Waals surface area (Å²) < 4.78 is 12.9. The van der Waals surface area contributed by atoms with Crippen LogP contribution in [0.1, 0.15) is 23.5 Å². The molecule has 0 spiro atoms. The van der Waals surface area contributed by atoms with Crippen molar-refractivity contribution in [1.82, 2.24) is 0 Å². The van der Waals surface area contributed by atoms with Crippen LogP contribution in [0.5, 0.6) is 0 Å². The van der Waals surface area contributed by atoms with Crippen LogP contribution in [0, 0.1) is 18.7 Å². The van der Waals surface area contributed by atoms with Gasteiger partial charge in [0.2, 0.25) is 0 Å². The molecule has 2 rings (SSSR count). The van der Waals surface area contributed by atoms with E-state index in [0.717, 1.165) is 12.1 Å². The molecule has 0 bridgehead atoms. The number of aryl methyl sites for hydroxylation is 1. The molecule has 0 saturated heterocycles. The molecule has 1 aliphatic rings. The fourth-order valence-electron chi connectivity index (χ4n) is 1.81. The van der Waals surface area contributed by atoms with Gasteiger partial charge in [0.15, 0.2) is 0 Å². The summed E-state index contributed by atoms with van der Waals surface area (Å²) in [6.45, 7) is 2.56. The summed E-state index contributed by atoms with van der Waals surface area (Å²) >= 11 is 0. The van der Waals surface area contributed by atoms with E-state index in [1.54, 1.807) is 13.0 Å². The molecule has 0 aromatic heterocycles. The molecule has 1 aromatic carbocycles. The van der Waals surface area contributed by atoms with Crippen molar-refractivity contribution < 1.29 is 4.39 Å². The molecule has 2 N–H and O–H groups in total. The number of hydrogen-bond acceptors (Lipinski definition) is 1. The second-order valence-corrected chi connectivity index (χ2v) is 3.85. The summed E-state index contributed by atoms with van der Waals surface area (Å²) in [7, 11) is 0. The first-order valence-electron chi connectivity index (χ1n) is 4.68. The van der Waals surface area contributed by atoms with E-state index in [9.17, 15) is 4.39 Å². The van der Waals surface area contributed by atoms with Crippen LogP contribution in [0.15, 0.2) is 18.2 Å². The minimum atomic E-state index is -0.117. The first kappa shape index (κ1) is 11.5. The highest BCUT2D eigenvalue weighted by molar-refractivity contribution is 5.85. The summed E-state index contributed by atoms with van der Waals surface area (Å²) in [5, 5.41) is 0. The predicted molar refractivity (Wildman–Crippen MR) is 58.3 cm³/mol. The van der Waals surface area contributed by atoms with E-state index in [1.165, 1.54) is 12.0 Å². The molecule has 0 radical (unpaired) electrons. The third-order valence-corrected chi connectivity index (χ3v) is 2.84. The normalized spacial score (nSPS) is 24.2. The first-order valence-corrected chi connectivity index (χ1v) is 4.68. The van der Waals surface area contributed by atoms with E-state index in [0.29, 0.717) is 11.8 Å². The van der Waals surface area contributed by atoms with Crippen molar-refractivity contribution in [3.05, 3.63) is 35.1 Å². The Bertz CT molecular complexity index is 327. The Morgan fingerprint density at radius 1 is 1.50 bits per heavy atom. The molecule has 0 unspecified atom stereocenters. The molecular formula is C11H15ClFN. The molecule has 14 heavy (non-hydrogen) atoms. The van der Waals surface area contributed by atoms with Crippen LogP contribution in [-0.2, 0) is 0 Å². The zero-order valence-corrected chi connectivity index (χ0v) is 8.98. The van der Waals surface area contributed by atoms with Gasteiger partial charge in [-0.3, -0.25) is 0 Å². The maximum atomic E-state index is 12.9. The van der Waals surface area contributed by atoms with E-state index in [1.807, 2.05) is 12.1 Å². The lowest BCUT2D eigenvalue weighted by molar-refractivity contribution is 0.617. The van der Waals surface area contributed by atoms with Gasteiger partial charge in [0.25, 0.3) is 0 Å². The summed E-state index contributed by atoms with van der Waals surface area (Å²) in [5.74, 6) is 1.10. The Balaban J connectivity index is 0.000000980. The fourth-order valence-corrected chi connectivity index (χ4v) is 1.81. The largest absolute Gasteiger partial charge is 0.330 e. The molecule has 1 saturated carbocycles.